The molecule has 1 unspecified atom stereocenters. The van der Waals surface area contributed by atoms with Crippen LogP contribution in [0, 0.1) is 0 Å². The topological polar surface area (TPSA) is 32.6 Å². The molecule has 0 spiro atoms. The summed E-state index contributed by atoms with van der Waals surface area (Å²) in [5.41, 5.74) is 0.441. The van der Waals surface area contributed by atoms with Crippen LogP contribution in [-0.4, -0.2) is 29.5 Å². The van der Waals surface area contributed by atoms with Crippen molar-refractivity contribution in [2.24, 2.45) is 0 Å². The highest BCUT2D eigenvalue weighted by atomic mass is 16.7. The summed E-state index contributed by atoms with van der Waals surface area (Å²) in [6.45, 7) is 9.16. The van der Waals surface area contributed by atoms with Crippen LogP contribution < -0.4 is 5.59 Å². The molecule has 1 aromatic heterocycles. The Hall–Kier alpha value is -0.775. The van der Waals surface area contributed by atoms with Gasteiger partial charge in [-0.3, -0.25) is 0 Å². The molecule has 2 aliphatic rings. The molecule has 0 aliphatic carbocycles. The van der Waals surface area contributed by atoms with E-state index in [9.17, 15) is 0 Å². The number of hydrogen-bond donors (Lipinski definition) is 0. The molecule has 2 saturated heterocycles. The number of nitrogens with zero attached hydrogens (tertiary/aromatic N) is 1. The summed E-state index contributed by atoms with van der Waals surface area (Å²) in [6.07, 6.45) is 5.61. The lowest BCUT2D eigenvalue weighted by molar-refractivity contribution is -0.0303. The second-order valence-electron chi connectivity index (χ2n) is 6.75. The van der Waals surface area contributed by atoms with Crippen LogP contribution in [0.5, 0.6) is 0 Å². The summed E-state index contributed by atoms with van der Waals surface area (Å²) >= 11 is 0. The first-order valence-corrected chi connectivity index (χ1v) is 7.55. The quantitative estimate of drug-likeness (QED) is 0.778. The van der Waals surface area contributed by atoms with E-state index in [1.54, 1.807) is 0 Å². The second kappa shape index (κ2) is 4.90. The van der Waals surface area contributed by atoms with Gasteiger partial charge in [-0.15, -0.1) is 0 Å². The van der Waals surface area contributed by atoms with Crippen LogP contribution in [0.1, 0.15) is 53.2 Å². The fourth-order valence-corrected chi connectivity index (χ4v) is 2.78. The van der Waals surface area contributed by atoms with E-state index in [2.05, 4.69) is 44.5 Å². The Morgan fingerprint density at radius 1 is 1.15 bits per heavy atom. The summed E-state index contributed by atoms with van der Waals surface area (Å²) in [7, 11) is -0.319. The van der Waals surface area contributed by atoms with Gasteiger partial charge in [0, 0.05) is 12.8 Å². The third-order valence-electron chi connectivity index (χ3n) is 4.77. The first-order chi connectivity index (χ1) is 9.41. The van der Waals surface area contributed by atoms with E-state index in [4.69, 9.17) is 14.0 Å². The summed E-state index contributed by atoms with van der Waals surface area (Å²) in [6, 6.07) is 4.11. The Morgan fingerprint density at radius 2 is 1.85 bits per heavy atom. The van der Waals surface area contributed by atoms with Crippen molar-refractivity contribution in [2.45, 2.75) is 64.4 Å². The molecule has 110 valence electrons. The molecule has 1 atom stereocenters. The molecule has 0 amide bonds. The van der Waals surface area contributed by atoms with Gasteiger partial charge < -0.3 is 18.6 Å². The third-order valence-corrected chi connectivity index (χ3v) is 4.77. The van der Waals surface area contributed by atoms with Gasteiger partial charge in [0.2, 0.25) is 0 Å². The van der Waals surface area contributed by atoms with Crippen LogP contribution in [0.3, 0.4) is 0 Å². The second-order valence-corrected chi connectivity index (χ2v) is 6.75. The van der Waals surface area contributed by atoms with E-state index in [0.29, 0.717) is 0 Å². The minimum Gasteiger partial charge on any atom is -0.398 e. The standard InChI is InChI=1S/C15H24BNO3/c1-14(2)15(3,4)20-16(19-14)12-8-7-10-17(12)13-9-5-6-11-18-13/h7-8,10,13H,5-6,9,11H2,1-4H3. The number of rotatable bonds is 2. The van der Waals surface area contributed by atoms with Crippen LogP contribution in [0.15, 0.2) is 18.3 Å². The Morgan fingerprint density at radius 3 is 2.45 bits per heavy atom. The van der Waals surface area contributed by atoms with Gasteiger partial charge in [-0.2, -0.15) is 0 Å². The van der Waals surface area contributed by atoms with E-state index in [1.807, 2.05) is 6.07 Å². The van der Waals surface area contributed by atoms with Crippen molar-refractivity contribution in [3.05, 3.63) is 18.3 Å². The van der Waals surface area contributed by atoms with Gasteiger partial charge in [-0.1, -0.05) is 0 Å². The summed E-state index contributed by atoms with van der Waals surface area (Å²) in [5, 5.41) is 0. The van der Waals surface area contributed by atoms with Gasteiger partial charge in [0.05, 0.1) is 16.8 Å². The van der Waals surface area contributed by atoms with Gasteiger partial charge >= 0.3 is 7.12 Å². The van der Waals surface area contributed by atoms with Gasteiger partial charge in [-0.05, 0) is 59.1 Å². The first kappa shape index (κ1) is 14.2. The normalized spacial score (nSPS) is 28.8. The molecule has 0 saturated carbocycles. The van der Waals surface area contributed by atoms with Crippen molar-refractivity contribution in [1.29, 1.82) is 0 Å². The summed E-state index contributed by atoms with van der Waals surface area (Å²) < 4.78 is 20.3. The zero-order chi connectivity index (χ0) is 14.4. The van der Waals surface area contributed by atoms with Crippen LogP contribution in [0.4, 0.5) is 0 Å². The van der Waals surface area contributed by atoms with Crippen molar-refractivity contribution in [3.8, 4) is 0 Å². The van der Waals surface area contributed by atoms with E-state index in [0.717, 1.165) is 25.0 Å². The lowest BCUT2D eigenvalue weighted by atomic mass is 9.84. The molecule has 1 aromatic rings. The smallest absolute Gasteiger partial charge is 0.398 e. The predicted octanol–water partition coefficient (Wildman–Crippen LogP) is 2.49. The van der Waals surface area contributed by atoms with E-state index >= 15 is 0 Å². The Balaban J connectivity index is 1.84. The highest BCUT2D eigenvalue weighted by Crippen LogP contribution is 2.36. The van der Waals surface area contributed by atoms with Gasteiger partial charge in [0.1, 0.15) is 6.23 Å². The van der Waals surface area contributed by atoms with Gasteiger partial charge in [0.25, 0.3) is 0 Å². The maximum absolute atomic E-state index is 6.14. The van der Waals surface area contributed by atoms with Crippen molar-refractivity contribution in [2.75, 3.05) is 6.61 Å². The fraction of sp³-hybridized carbons (Fsp3) is 0.733. The van der Waals surface area contributed by atoms with Crippen molar-refractivity contribution >= 4 is 12.7 Å². The van der Waals surface area contributed by atoms with Crippen LogP contribution in [0.2, 0.25) is 0 Å². The molecule has 0 bridgehead atoms. The maximum atomic E-state index is 6.14. The zero-order valence-electron chi connectivity index (χ0n) is 12.9. The molecular formula is C15H24BNO3. The van der Waals surface area contributed by atoms with Crippen LogP contribution >= 0.6 is 0 Å². The van der Waals surface area contributed by atoms with Crippen LogP contribution in [-0.2, 0) is 14.0 Å². The molecular weight excluding hydrogens is 253 g/mol. The number of ether oxygens (including phenoxy) is 1. The molecule has 0 radical (unpaired) electrons. The van der Waals surface area contributed by atoms with Gasteiger partial charge in [0.15, 0.2) is 0 Å². The average molecular weight is 277 g/mol. The van der Waals surface area contributed by atoms with Crippen molar-refractivity contribution < 1.29 is 14.0 Å². The largest absolute Gasteiger partial charge is 0.512 e. The average Bonchev–Trinajstić information content (AvgIpc) is 2.94. The molecule has 0 aromatic carbocycles. The summed E-state index contributed by atoms with van der Waals surface area (Å²) in [5.74, 6) is 0. The maximum Gasteiger partial charge on any atom is 0.512 e. The monoisotopic (exact) mass is 277 g/mol. The molecule has 3 heterocycles. The summed E-state index contributed by atoms with van der Waals surface area (Å²) in [4.78, 5) is 0. The number of aromatic nitrogens is 1. The van der Waals surface area contributed by atoms with E-state index < -0.39 is 0 Å². The minimum absolute atomic E-state index is 0.118. The van der Waals surface area contributed by atoms with E-state index in [1.165, 1.54) is 6.42 Å². The third kappa shape index (κ3) is 2.32. The Labute approximate surface area is 121 Å². The molecule has 20 heavy (non-hydrogen) atoms. The highest BCUT2D eigenvalue weighted by Gasteiger charge is 2.52. The van der Waals surface area contributed by atoms with E-state index in [-0.39, 0.29) is 24.5 Å². The fourth-order valence-electron chi connectivity index (χ4n) is 2.78. The lowest BCUT2D eigenvalue weighted by Crippen LogP contribution is -2.41. The Bertz CT molecular complexity index is 461. The van der Waals surface area contributed by atoms with Crippen molar-refractivity contribution in [1.82, 2.24) is 4.57 Å². The molecule has 5 heteroatoms. The molecule has 3 rings (SSSR count). The predicted molar refractivity (Wildman–Crippen MR) is 79.0 cm³/mol. The van der Waals surface area contributed by atoms with Crippen molar-refractivity contribution in [3.63, 3.8) is 0 Å². The SMILES string of the molecule is CC1(C)OB(c2cccn2C2CCCCO2)OC1(C)C. The lowest BCUT2D eigenvalue weighted by Gasteiger charge is -2.32. The highest BCUT2D eigenvalue weighted by molar-refractivity contribution is 6.61. The zero-order valence-corrected chi connectivity index (χ0v) is 12.9. The molecule has 2 aliphatic heterocycles. The van der Waals surface area contributed by atoms with Crippen LogP contribution in [0.25, 0.3) is 0 Å². The minimum atomic E-state index is -0.319. The number of hydrogen-bond acceptors (Lipinski definition) is 3. The Kier molecular flexibility index (Phi) is 3.47. The molecule has 0 N–H and O–H groups in total. The molecule has 4 nitrogen and oxygen atoms in total. The first-order valence-electron chi connectivity index (χ1n) is 7.55. The molecule has 2 fully saturated rings. The van der Waals surface area contributed by atoms with Gasteiger partial charge in [-0.25, -0.2) is 0 Å².